The Kier molecular flexibility index (Phi) is 3.82. The maximum atomic E-state index is 11.8. The van der Waals surface area contributed by atoms with Gasteiger partial charge in [-0.1, -0.05) is 60.7 Å². The second-order valence-electron chi connectivity index (χ2n) is 3.81. The fraction of sp³-hybridized carbons (Fsp3) is 0. The number of allylic oxidation sites excluding steroid dienone is 1. The lowest BCUT2D eigenvalue weighted by Gasteiger charge is -1.97. The van der Waals surface area contributed by atoms with Gasteiger partial charge in [0.1, 0.15) is 0 Å². The van der Waals surface area contributed by atoms with E-state index in [1.54, 1.807) is 36.4 Å². The number of benzene rings is 2. The highest BCUT2D eigenvalue weighted by atomic mass is 16.1. The van der Waals surface area contributed by atoms with Crippen molar-refractivity contribution in [2.75, 3.05) is 0 Å². The minimum Gasteiger partial charge on any atom is -0.298 e. The van der Waals surface area contributed by atoms with Crippen molar-refractivity contribution in [1.29, 1.82) is 0 Å². The zero-order valence-corrected chi connectivity index (χ0v) is 9.74. The lowest BCUT2D eigenvalue weighted by Crippen LogP contribution is -1.93. The van der Waals surface area contributed by atoms with Crippen molar-refractivity contribution in [1.82, 2.24) is 0 Å². The third kappa shape index (κ3) is 2.80. The molecule has 0 aliphatic rings. The Balaban J connectivity index is 2.21. The van der Waals surface area contributed by atoms with E-state index in [9.17, 15) is 9.59 Å². The molecule has 2 aromatic carbocycles. The van der Waals surface area contributed by atoms with Gasteiger partial charge in [0, 0.05) is 11.1 Å². The van der Waals surface area contributed by atoms with Crippen LogP contribution in [0, 0.1) is 0 Å². The van der Waals surface area contributed by atoms with E-state index in [1.165, 1.54) is 6.08 Å². The van der Waals surface area contributed by atoms with E-state index in [0.29, 0.717) is 11.1 Å². The van der Waals surface area contributed by atoms with Gasteiger partial charge in [0.2, 0.25) is 0 Å². The molecule has 0 heterocycles. The Morgan fingerprint density at radius 1 is 0.833 bits per heavy atom. The monoisotopic (exact) mass is 236 g/mol. The highest BCUT2D eigenvalue weighted by Crippen LogP contribution is 2.09. The van der Waals surface area contributed by atoms with E-state index < -0.39 is 0 Å². The number of carbonyl (C=O) groups is 2. The first-order chi connectivity index (χ1) is 8.81. The zero-order valence-electron chi connectivity index (χ0n) is 9.74. The summed E-state index contributed by atoms with van der Waals surface area (Å²) in [5.74, 6) is -0.0729. The number of carbonyl (C=O) groups excluding carboxylic acids is 2. The second-order valence-corrected chi connectivity index (χ2v) is 3.81. The summed E-state index contributed by atoms with van der Waals surface area (Å²) in [5.41, 5.74) is 1.96. The summed E-state index contributed by atoms with van der Waals surface area (Å²) >= 11 is 0. The first-order valence-electron chi connectivity index (χ1n) is 5.63. The van der Waals surface area contributed by atoms with Crippen LogP contribution in [0.15, 0.2) is 60.7 Å². The average molecular weight is 236 g/mol. The van der Waals surface area contributed by atoms with E-state index in [0.717, 1.165) is 11.8 Å². The van der Waals surface area contributed by atoms with Gasteiger partial charge in [0.25, 0.3) is 0 Å². The average Bonchev–Trinajstić information content (AvgIpc) is 2.46. The first-order valence-corrected chi connectivity index (χ1v) is 5.63. The van der Waals surface area contributed by atoms with Gasteiger partial charge in [-0.3, -0.25) is 9.59 Å². The molecule has 0 aliphatic heterocycles. The summed E-state index contributed by atoms with van der Waals surface area (Å²) in [6.45, 7) is 0. The summed E-state index contributed by atoms with van der Waals surface area (Å²) in [7, 11) is 0. The Morgan fingerprint density at radius 3 is 2.11 bits per heavy atom. The minimum absolute atomic E-state index is 0.0729. The van der Waals surface area contributed by atoms with Crippen molar-refractivity contribution < 1.29 is 9.59 Å². The Hall–Kier alpha value is -2.48. The predicted octanol–water partition coefficient (Wildman–Crippen LogP) is 3.40. The predicted molar refractivity (Wildman–Crippen MR) is 71.6 cm³/mol. The molecule has 0 amide bonds. The van der Waals surface area contributed by atoms with Gasteiger partial charge in [-0.25, -0.2) is 0 Å². The van der Waals surface area contributed by atoms with E-state index >= 15 is 0 Å². The van der Waals surface area contributed by atoms with Gasteiger partial charge >= 0.3 is 0 Å². The topological polar surface area (TPSA) is 34.1 Å². The molecule has 2 nitrogen and oxygen atoms in total. The van der Waals surface area contributed by atoms with Crippen molar-refractivity contribution >= 4 is 18.1 Å². The smallest absolute Gasteiger partial charge is 0.185 e. The minimum atomic E-state index is -0.0729. The lowest BCUT2D eigenvalue weighted by molar-refractivity contribution is 0.104. The maximum absolute atomic E-state index is 11.8. The van der Waals surface area contributed by atoms with Gasteiger partial charge in [-0.2, -0.15) is 0 Å². The normalized spacial score (nSPS) is 10.4. The molecule has 0 aliphatic carbocycles. The van der Waals surface area contributed by atoms with Crippen LogP contribution in [0.1, 0.15) is 26.3 Å². The zero-order chi connectivity index (χ0) is 12.8. The number of hydrogen-bond donors (Lipinski definition) is 0. The number of aldehydes is 1. The Labute approximate surface area is 106 Å². The fourth-order valence-corrected chi connectivity index (χ4v) is 1.63. The summed E-state index contributed by atoms with van der Waals surface area (Å²) in [5, 5.41) is 0. The lowest BCUT2D eigenvalue weighted by atomic mass is 10.1. The van der Waals surface area contributed by atoms with Crippen LogP contribution >= 0.6 is 0 Å². The van der Waals surface area contributed by atoms with Crippen LogP contribution in [-0.2, 0) is 0 Å². The molecule has 0 unspecified atom stereocenters. The molecule has 0 saturated carbocycles. The molecule has 2 rings (SSSR count). The van der Waals surface area contributed by atoms with E-state index in [-0.39, 0.29) is 5.78 Å². The Bertz CT molecular complexity index is 583. The third-order valence-electron chi connectivity index (χ3n) is 2.60. The van der Waals surface area contributed by atoms with E-state index in [2.05, 4.69) is 0 Å². The van der Waals surface area contributed by atoms with Crippen molar-refractivity contribution in [3.8, 4) is 0 Å². The maximum Gasteiger partial charge on any atom is 0.185 e. The van der Waals surface area contributed by atoms with Gasteiger partial charge in [-0.05, 0) is 11.6 Å². The molecular weight excluding hydrogens is 224 g/mol. The van der Waals surface area contributed by atoms with E-state index in [1.807, 2.05) is 24.3 Å². The molecule has 0 radical (unpaired) electrons. The van der Waals surface area contributed by atoms with Crippen molar-refractivity contribution in [2.45, 2.75) is 0 Å². The molecule has 0 spiro atoms. The van der Waals surface area contributed by atoms with Crippen LogP contribution in [0.4, 0.5) is 0 Å². The van der Waals surface area contributed by atoms with Crippen LogP contribution in [0.3, 0.4) is 0 Å². The standard InChI is InChI=1S/C16H12O2/c17-12-15-9-5-4-6-13(15)10-11-16(18)14-7-2-1-3-8-14/h1-12H/b11-10+. The van der Waals surface area contributed by atoms with Crippen LogP contribution in [0.5, 0.6) is 0 Å². The molecule has 2 aromatic rings. The first kappa shape index (κ1) is 12.0. The molecule has 88 valence electrons. The molecular formula is C16H12O2. The SMILES string of the molecule is O=Cc1ccccc1/C=C/C(=O)c1ccccc1. The quantitative estimate of drug-likeness (QED) is 0.463. The largest absolute Gasteiger partial charge is 0.298 e. The molecule has 0 N–H and O–H groups in total. The highest BCUT2D eigenvalue weighted by Gasteiger charge is 2.01. The molecule has 18 heavy (non-hydrogen) atoms. The van der Waals surface area contributed by atoms with Crippen molar-refractivity contribution in [2.24, 2.45) is 0 Å². The molecule has 0 bridgehead atoms. The van der Waals surface area contributed by atoms with Crippen LogP contribution in [-0.4, -0.2) is 12.1 Å². The summed E-state index contributed by atoms with van der Waals surface area (Å²) in [6, 6.07) is 16.2. The van der Waals surface area contributed by atoms with Crippen LogP contribution < -0.4 is 0 Å². The summed E-state index contributed by atoms with van der Waals surface area (Å²) in [6.07, 6.45) is 3.93. The molecule has 0 atom stereocenters. The third-order valence-corrected chi connectivity index (χ3v) is 2.60. The van der Waals surface area contributed by atoms with Gasteiger partial charge in [-0.15, -0.1) is 0 Å². The van der Waals surface area contributed by atoms with Gasteiger partial charge < -0.3 is 0 Å². The van der Waals surface area contributed by atoms with Crippen LogP contribution in [0.2, 0.25) is 0 Å². The van der Waals surface area contributed by atoms with Gasteiger partial charge in [0.15, 0.2) is 12.1 Å². The van der Waals surface area contributed by atoms with Gasteiger partial charge in [0.05, 0.1) is 0 Å². The van der Waals surface area contributed by atoms with Crippen molar-refractivity contribution in [3.63, 3.8) is 0 Å². The number of hydrogen-bond acceptors (Lipinski definition) is 2. The molecule has 0 aromatic heterocycles. The number of rotatable bonds is 4. The van der Waals surface area contributed by atoms with Crippen LogP contribution in [0.25, 0.3) is 6.08 Å². The Morgan fingerprint density at radius 2 is 1.44 bits per heavy atom. The molecule has 0 saturated heterocycles. The van der Waals surface area contributed by atoms with E-state index in [4.69, 9.17) is 0 Å². The summed E-state index contributed by atoms with van der Waals surface area (Å²) < 4.78 is 0. The molecule has 0 fully saturated rings. The second kappa shape index (κ2) is 5.73. The molecule has 2 heteroatoms. The van der Waals surface area contributed by atoms with Crippen molar-refractivity contribution in [3.05, 3.63) is 77.4 Å². The fourth-order valence-electron chi connectivity index (χ4n) is 1.63. The highest BCUT2D eigenvalue weighted by molar-refractivity contribution is 6.07. The number of ketones is 1. The summed E-state index contributed by atoms with van der Waals surface area (Å²) in [4.78, 5) is 22.7.